The molecule has 1 N–H and O–H groups in total. The van der Waals surface area contributed by atoms with Gasteiger partial charge < -0.3 is 24.1 Å². The van der Waals surface area contributed by atoms with Crippen LogP contribution in [0.15, 0.2) is 93.5 Å². The van der Waals surface area contributed by atoms with Crippen LogP contribution >= 0.6 is 0 Å². The molecule has 1 unspecified atom stereocenters. The molecule has 1 saturated heterocycles. The molecule has 1 aromatic heterocycles. The van der Waals surface area contributed by atoms with Gasteiger partial charge in [0.1, 0.15) is 18.2 Å². The molecular formula is C48H62N4O4S. The molecule has 2 aliphatic heterocycles. The lowest BCUT2D eigenvalue weighted by molar-refractivity contribution is 0.0682. The molecule has 0 radical (unpaired) electrons. The van der Waals surface area contributed by atoms with Crippen molar-refractivity contribution in [2.24, 2.45) is 10.9 Å². The fourth-order valence-electron chi connectivity index (χ4n) is 7.31. The van der Waals surface area contributed by atoms with Gasteiger partial charge in [0.2, 0.25) is 0 Å². The summed E-state index contributed by atoms with van der Waals surface area (Å²) in [6, 6.07) is 21.2. The maximum atomic E-state index is 13.6. The van der Waals surface area contributed by atoms with Crippen LogP contribution in [0.2, 0.25) is 0 Å². The van der Waals surface area contributed by atoms with Gasteiger partial charge in [-0.1, -0.05) is 51.0 Å². The fourth-order valence-corrected chi connectivity index (χ4v) is 8.54. The van der Waals surface area contributed by atoms with E-state index in [0.29, 0.717) is 24.9 Å². The highest BCUT2D eigenvalue weighted by molar-refractivity contribution is 7.85. The number of anilines is 1. The van der Waals surface area contributed by atoms with E-state index in [1.54, 1.807) is 0 Å². The minimum absolute atomic E-state index is 0.436. The largest absolute Gasteiger partial charge is 0.491 e. The third-order valence-corrected chi connectivity index (χ3v) is 12.4. The number of aromatic nitrogens is 2. The first kappa shape index (κ1) is 42.3. The van der Waals surface area contributed by atoms with Crippen LogP contribution in [0.3, 0.4) is 0 Å². The summed E-state index contributed by atoms with van der Waals surface area (Å²) < 4.78 is 30.9. The molecular weight excluding hydrogens is 729 g/mol. The molecule has 9 heteroatoms. The molecule has 3 aromatic carbocycles. The highest BCUT2D eigenvalue weighted by Gasteiger charge is 2.22. The first-order valence-corrected chi connectivity index (χ1v) is 22.4. The Morgan fingerprint density at radius 2 is 1.79 bits per heavy atom. The highest BCUT2D eigenvalue weighted by Crippen LogP contribution is 2.36. The smallest absolute Gasteiger partial charge is 0.134 e. The number of ether oxygens (including phenoxy) is 3. The third-order valence-electron chi connectivity index (χ3n) is 10.9. The summed E-state index contributed by atoms with van der Waals surface area (Å²) in [6.45, 7) is 16.1. The predicted octanol–water partition coefficient (Wildman–Crippen LogP) is 11.2. The zero-order valence-corrected chi connectivity index (χ0v) is 35.6. The Kier molecular flexibility index (Phi) is 15.9. The van der Waals surface area contributed by atoms with E-state index in [1.807, 2.05) is 50.4 Å². The standard InChI is InChI=1S/C48H62N4O4S/c1-6-8-11-35(3)32-49-37(5)36(4)34-57(53)44-18-19-45-46(31-44)51-48(50-45)41-12-10-23-52(33-38-21-25-55-26-22-38)47-20-15-40(29-42(47)30-41)39-13-16-43(17-14-39)56-28-27-54-24-9-7-2/h11,13-20,29-32,38H,6-10,12,21-28,33-34H2,1-5H3,(H,50,51)/b35-11-,37-36+,41-30+,49-32+. The zero-order chi connectivity index (χ0) is 40.0. The maximum Gasteiger partial charge on any atom is 0.134 e. The van der Waals surface area contributed by atoms with Crippen LogP contribution in [0, 0.1) is 5.92 Å². The summed E-state index contributed by atoms with van der Waals surface area (Å²) in [5, 5.41) is 0. The topological polar surface area (TPSA) is 89.0 Å². The van der Waals surface area contributed by atoms with Gasteiger partial charge >= 0.3 is 0 Å². The third kappa shape index (κ3) is 12.1. The van der Waals surface area contributed by atoms with E-state index < -0.39 is 10.8 Å². The summed E-state index contributed by atoms with van der Waals surface area (Å²) in [4.78, 5) is 16.7. The zero-order valence-electron chi connectivity index (χ0n) is 34.8. The quantitative estimate of drug-likeness (QED) is 0.0797. The predicted molar refractivity (Wildman–Crippen MR) is 239 cm³/mol. The fraction of sp³-hybridized carbons (Fsp3) is 0.458. The van der Waals surface area contributed by atoms with Crippen molar-refractivity contribution in [3.8, 4) is 16.9 Å². The number of allylic oxidation sites excluding steroid dienone is 4. The van der Waals surface area contributed by atoms with Crippen LogP contribution in [0.4, 0.5) is 5.69 Å². The Balaban J connectivity index is 1.24. The summed E-state index contributed by atoms with van der Waals surface area (Å²) in [6.07, 6.45) is 15.0. The van der Waals surface area contributed by atoms with E-state index in [0.717, 1.165) is 140 Å². The molecule has 304 valence electrons. The van der Waals surface area contributed by atoms with E-state index in [1.165, 1.54) is 16.8 Å². The average molecular weight is 791 g/mol. The number of nitrogens with zero attached hydrogens (tertiary/aromatic N) is 3. The summed E-state index contributed by atoms with van der Waals surface area (Å²) in [5.74, 6) is 2.78. The molecule has 0 saturated carbocycles. The number of benzene rings is 3. The molecule has 1 atom stereocenters. The molecule has 0 spiro atoms. The highest BCUT2D eigenvalue weighted by atomic mass is 32.2. The summed E-state index contributed by atoms with van der Waals surface area (Å²) in [5.41, 5.74) is 10.8. The number of H-pyrrole nitrogens is 1. The first-order valence-electron chi connectivity index (χ1n) is 21.0. The minimum atomic E-state index is -1.21. The second kappa shape index (κ2) is 21.4. The van der Waals surface area contributed by atoms with Crippen LogP contribution in [0.5, 0.6) is 5.75 Å². The van der Waals surface area contributed by atoms with Crippen LogP contribution in [0.25, 0.3) is 33.8 Å². The molecule has 0 aliphatic carbocycles. The number of hydrogen-bond acceptors (Lipinski definition) is 7. The van der Waals surface area contributed by atoms with Crippen molar-refractivity contribution in [1.29, 1.82) is 0 Å². The van der Waals surface area contributed by atoms with E-state index in [4.69, 9.17) is 19.2 Å². The number of imidazole rings is 1. The number of aromatic amines is 1. The molecule has 0 amide bonds. The van der Waals surface area contributed by atoms with Gasteiger partial charge in [0.15, 0.2) is 0 Å². The molecule has 1 fully saturated rings. The van der Waals surface area contributed by atoms with Crippen molar-refractivity contribution in [2.75, 3.05) is 56.8 Å². The lowest BCUT2D eigenvalue weighted by atomic mass is 9.94. The second-order valence-corrected chi connectivity index (χ2v) is 17.0. The molecule has 57 heavy (non-hydrogen) atoms. The van der Waals surface area contributed by atoms with Gasteiger partial charge in [-0.3, -0.25) is 9.20 Å². The van der Waals surface area contributed by atoms with Crippen molar-refractivity contribution in [1.82, 2.24) is 9.97 Å². The van der Waals surface area contributed by atoms with Crippen molar-refractivity contribution in [3.63, 3.8) is 0 Å². The van der Waals surface area contributed by atoms with Crippen molar-refractivity contribution in [2.45, 2.75) is 90.9 Å². The van der Waals surface area contributed by atoms with Crippen LogP contribution in [-0.2, 0) is 20.3 Å². The van der Waals surface area contributed by atoms with E-state index in [-0.39, 0.29) is 0 Å². The molecule has 4 aromatic rings. The van der Waals surface area contributed by atoms with Crippen molar-refractivity contribution >= 4 is 45.4 Å². The number of rotatable bonds is 18. The van der Waals surface area contributed by atoms with Crippen molar-refractivity contribution in [3.05, 3.63) is 95.0 Å². The monoisotopic (exact) mass is 790 g/mol. The van der Waals surface area contributed by atoms with E-state index in [9.17, 15) is 4.21 Å². The van der Waals surface area contributed by atoms with Gasteiger partial charge in [-0.05, 0) is 147 Å². The van der Waals surface area contributed by atoms with Crippen molar-refractivity contribution < 1.29 is 18.4 Å². The number of aliphatic imine (C=N–C) groups is 1. The van der Waals surface area contributed by atoms with E-state index in [2.05, 4.69) is 78.1 Å². The number of nitrogens with one attached hydrogen (secondary N) is 1. The number of hydrogen-bond donors (Lipinski definition) is 1. The van der Waals surface area contributed by atoms with Gasteiger partial charge in [0, 0.05) is 55.4 Å². The average Bonchev–Trinajstić information content (AvgIpc) is 3.66. The number of fused-ring (bicyclic) bond motifs is 2. The lowest BCUT2D eigenvalue weighted by Crippen LogP contribution is -2.34. The molecule has 6 rings (SSSR count). The van der Waals surface area contributed by atoms with E-state index >= 15 is 0 Å². The normalized spacial score (nSPS) is 17.5. The molecule has 0 bridgehead atoms. The van der Waals surface area contributed by atoms with Crippen LogP contribution in [-0.4, -0.2) is 72.3 Å². The Morgan fingerprint density at radius 3 is 2.58 bits per heavy atom. The molecule has 3 heterocycles. The SMILES string of the molecule is CCC\C=C(C)/C=N/C(C)=C(\C)CS(=O)c1ccc2nc(/C3=C/c4cc(-c5ccc(OCCOCCCC)cc5)ccc4N(CC4CCOCC4)CCC3)[nH]c2c1. The Morgan fingerprint density at radius 1 is 0.982 bits per heavy atom. The Labute approximate surface area is 343 Å². The Bertz CT molecular complexity index is 2070. The maximum absolute atomic E-state index is 13.6. The Hall–Kier alpha value is -4.31. The summed E-state index contributed by atoms with van der Waals surface area (Å²) >= 11 is 0. The van der Waals surface area contributed by atoms with Gasteiger partial charge in [0.05, 0.1) is 34.2 Å². The van der Waals surface area contributed by atoms with Crippen LogP contribution in [0.1, 0.15) is 97.4 Å². The van der Waals surface area contributed by atoms with Gasteiger partial charge in [-0.25, -0.2) is 4.98 Å². The number of unbranched alkanes of at least 4 members (excludes halogenated alkanes) is 2. The van der Waals surface area contributed by atoms with Gasteiger partial charge in [-0.2, -0.15) is 0 Å². The molecule has 2 aliphatic rings. The summed E-state index contributed by atoms with van der Waals surface area (Å²) in [7, 11) is -1.21. The first-order chi connectivity index (χ1) is 27.8. The minimum Gasteiger partial charge on any atom is -0.491 e. The van der Waals surface area contributed by atoms with Crippen LogP contribution < -0.4 is 9.64 Å². The lowest BCUT2D eigenvalue weighted by Gasteiger charge is -2.33. The van der Waals surface area contributed by atoms with Gasteiger partial charge in [0.25, 0.3) is 0 Å². The molecule has 8 nitrogen and oxygen atoms in total. The van der Waals surface area contributed by atoms with Gasteiger partial charge in [-0.15, -0.1) is 0 Å². The second-order valence-electron chi connectivity index (χ2n) is 15.5.